The van der Waals surface area contributed by atoms with E-state index in [0.29, 0.717) is 25.6 Å². The number of cyclic esters (lactones) is 1. The van der Waals surface area contributed by atoms with Crippen molar-refractivity contribution in [3.05, 3.63) is 36.0 Å². The molecule has 0 bridgehead atoms. The highest BCUT2D eigenvalue weighted by molar-refractivity contribution is 5.76. The van der Waals surface area contributed by atoms with Gasteiger partial charge in [-0.1, -0.05) is 63.8 Å². The fraction of sp³-hybridized carbons (Fsp3) is 0.769. The molecule has 0 aromatic rings. The fourth-order valence-corrected chi connectivity index (χ4v) is 7.59. The number of nitrogens with zero attached hydrogens (tertiary/aromatic N) is 3. The Balaban J connectivity index is 1.40. The highest BCUT2D eigenvalue weighted by Crippen LogP contribution is 2.28. The van der Waals surface area contributed by atoms with Crippen molar-refractivity contribution < 1.29 is 34.1 Å². The van der Waals surface area contributed by atoms with Crippen LogP contribution in [-0.4, -0.2) is 112 Å². The molecule has 4 aliphatic rings. The predicted molar refractivity (Wildman–Crippen MR) is 191 cm³/mol. The lowest BCUT2D eigenvalue weighted by atomic mass is 9.88. The van der Waals surface area contributed by atoms with Crippen molar-refractivity contribution in [1.29, 1.82) is 0 Å². The second-order valence-electron chi connectivity index (χ2n) is 15.3. The summed E-state index contributed by atoms with van der Waals surface area (Å²) in [6.45, 7) is 12.1. The van der Waals surface area contributed by atoms with Crippen LogP contribution in [0.2, 0.25) is 0 Å². The molecule has 3 heterocycles. The van der Waals surface area contributed by atoms with E-state index in [1.54, 1.807) is 17.9 Å². The summed E-state index contributed by atoms with van der Waals surface area (Å²) in [5.74, 6) is -0.377. The van der Waals surface area contributed by atoms with Crippen LogP contribution >= 0.6 is 0 Å². The SMILES string of the molecule is C/C(=C\C=C\[C@@H](C)CCC(=O)N1CCCC1)[C@H]1OC(=O)C[C@@H](O)CC[C@](C)(O)[C@@H](OC(=O)N2CCN(C3CCCCCC3)CC2)/C=C\[C@@H]1C. The van der Waals surface area contributed by atoms with Gasteiger partial charge in [-0.25, -0.2) is 4.79 Å². The van der Waals surface area contributed by atoms with Gasteiger partial charge in [0, 0.05) is 57.6 Å². The molecule has 276 valence electrons. The first-order valence-electron chi connectivity index (χ1n) is 19.0. The third-order valence-electron chi connectivity index (χ3n) is 11.0. The lowest BCUT2D eigenvalue weighted by molar-refractivity contribution is -0.151. The number of esters is 1. The van der Waals surface area contributed by atoms with Gasteiger partial charge in [0.05, 0.1) is 12.5 Å². The summed E-state index contributed by atoms with van der Waals surface area (Å²) in [6, 6.07) is 0.595. The maximum atomic E-state index is 13.4. The van der Waals surface area contributed by atoms with Gasteiger partial charge in [0.2, 0.25) is 5.91 Å². The first kappa shape index (κ1) is 39.1. The third-order valence-corrected chi connectivity index (χ3v) is 11.0. The zero-order valence-electron chi connectivity index (χ0n) is 30.6. The molecule has 0 unspecified atom stereocenters. The van der Waals surface area contributed by atoms with Crippen LogP contribution in [0, 0.1) is 11.8 Å². The third kappa shape index (κ3) is 12.2. The van der Waals surface area contributed by atoms with Gasteiger partial charge in [-0.15, -0.1) is 0 Å². The van der Waals surface area contributed by atoms with E-state index in [1.165, 1.54) is 38.5 Å². The van der Waals surface area contributed by atoms with E-state index in [2.05, 4.69) is 17.9 Å². The maximum Gasteiger partial charge on any atom is 0.410 e. The molecule has 0 spiro atoms. The lowest BCUT2D eigenvalue weighted by Crippen LogP contribution is -2.53. The summed E-state index contributed by atoms with van der Waals surface area (Å²) < 4.78 is 11.9. The Morgan fingerprint density at radius 3 is 2.35 bits per heavy atom. The lowest BCUT2D eigenvalue weighted by Gasteiger charge is -2.40. The van der Waals surface area contributed by atoms with Crippen LogP contribution in [0.15, 0.2) is 36.0 Å². The van der Waals surface area contributed by atoms with Gasteiger partial charge in [0.15, 0.2) is 6.10 Å². The van der Waals surface area contributed by atoms with Crippen molar-refractivity contribution in [3.8, 4) is 0 Å². The molecule has 3 fully saturated rings. The first-order valence-corrected chi connectivity index (χ1v) is 19.0. The number of amides is 2. The molecule has 0 aromatic heterocycles. The van der Waals surface area contributed by atoms with Gasteiger partial charge in [0.1, 0.15) is 11.7 Å². The van der Waals surface area contributed by atoms with E-state index in [-0.39, 0.29) is 37.0 Å². The number of piperazine rings is 1. The Hall–Kier alpha value is -2.69. The van der Waals surface area contributed by atoms with Crippen molar-refractivity contribution in [3.63, 3.8) is 0 Å². The molecule has 10 nitrogen and oxygen atoms in total. The van der Waals surface area contributed by atoms with Gasteiger partial charge >= 0.3 is 12.1 Å². The minimum absolute atomic E-state index is 0.141. The van der Waals surface area contributed by atoms with E-state index < -0.39 is 36.0 Å². The molecule has 2 saturated heterocycles. The molecule has 2 N–H and O–H groups in total. The number of aliphatic hydroxyl groups excluding tert-OH is 1. The Morgan fingerprint density at radius 2 is 1.67 bits per heavy atom. The Morgan fingerprint density at radius 1 is 1.00 bits per heavy atom. The summed E-state index contributed by atoms with van der Waals surface area (Å²) in [6.07, 6.45) is 17.7. The van der Waals surface area contributed by atoms with Gasteiger partial charge < -0.3 is 29.5 Å². The minimum Gasteiger partial charge on any atom is -0.457 e. The molecule has 1 aliphatic carbocycles. The Labute approximate surface area is 294 Å². The van der Waals surface area contributed by atoms with Crippen LogP contribution in [0.3, 0.4) is 0 Å². The number of aliphatic hydroxyl groups is 2. The van der Waals surface area contributed by atoms with Gasteiger partial charge in [0.25, 0.3) is 0 Å². The Bertz CT molecular complexity index is 1160. The average molecular weight is 686 g/mol. The summed E-state index contributed by atoms with van der Waals surface area (Å²) in [4.78, 5) is 45.0. The van der Waals surface area contributed by atoms with E-state index >= 15 is 0 Å². The fourth-order valence-electron chi connectivity index (χ4n) is 7.59. The number of likely N-dealkylation sites (tertiary alicyclic amines) is 1. The maximum absolute atomic E-state index is 13.4. The summed E-state index contributed by atoms with van der Waals surface area (Å²) in [7, 11) is 0. The largest absolute Gasteiger partial charge is 0.457 e. The molecule has 6 atom stereocenters. The first-order chi connectivity index (χ1) is 23.4. The molecule has 3 aliphatic heterocycles. The number of carbonyl (C=O) groups excluding carboxylic acids is 3. The normalized spacial score (nSPS) is 31.8. The monoisotopic (exact) mass is 685 g/mol. The Kier molecular flexibility index (Phi) is 15.2. The summed E-state index contributed by atoms with van der Waals surface area (Å²) in [5, 5.41) is 22.2. The second-order valence-corrected chi connectivity index (χ2v) is 15.3. The highest BCUT2D eigenvalue weighted by Gasteiger charge is 2.37. The van der Waals surface area contributed by atoms with E-state index in [4.69, 9.17) is 9.47 Å². The molecular weight excluding hydrogens is 622 g/mol. The number of ether oxygens (including phenoxy) is 2. The standard InChI is InChI=1S/C39H63N3O7/c1-29(16-19-35(44)41-22-9-10-23-41)12-11-13-30(2)37-31(3)17-18-34(39(4,47)21-20-33(43)28-36(45)49-37)48-38(46)42-26-24-40(25-27-42)32-14-7-5-6-8-15-32/h11-13,17-18,29,31-34,37,43,47H,5-10,14-16,19-28H2,1-4H3/b12-11+,18-17-,30-13+/t29-,31+,33+,34+,37-,39+/m1/s1. The summed E-state index contributed by atoms with van der Waals surface area (Å²) >= 11 is 0. The molecule has 10 heteroatoms. The average Bonchev–Trinajstić information content (AvgIpc) is 3.49. The highest BCUT2D eigenvalue weighted by atomic mass is 16.6. The van der Waals surface area contributed by atoms with Crippen LogP contribution in [0.5, 0.6) is 0 Å². The van der Waals surface area contributed by atoms with E-state index in [9.17, 15) is 24.6 Å². The molecule has 1 saturated carbocycles. The van der Waals surface area contributed by atoms with Gasteiger partial charge in [-0.3, -0.25) is 14.5 Å². The van der Waals surface area contributed by atoms with Crippen molar-refractivity contribution in [1.82, 2.24) is 14.7 Å². The smallest absolute Gasteiger partial charge is 0.410 e. The van der Waals surface area contributed by atoms with E-state index in [1.807, 2.05) is 37.0 Å². The number of hydrogen-bond acceptors (Lipinski definition) is 8. The minimum atomic E-state index is -1.45. The molecule has 4 rings (SSSR count). The van der Waals surface area contributed by atoms with Crippen LogP contribution in [0.4, 0.5) is 4.79 Å². The molecule has 0 radical (unpaired) electrons. The zero-order valence-corrected chi connectivity index (χ0v) is 30.6. The van der Waals surface area contributed by atoms with Crippen molar-refractivity contribution >= 4 is 18.0 Å². The zero-order chi connectivity index (χ0) is 35.4. The molecule has 2 amide bonds. The number of hydrogen-bond donors (Lipinski definition) is 2. The van der Waals surface area contributed by atoms with Crippen LogP contribution < -0.4 is 0 Å². The van der Waals surface area contributed by atoms with Crippen molar-refractivity contribution in [2.24, 2.45) is 11.8 Å². The molecule has 49 heavy (non-hydrogen) atoms. The predicted octanol–water partition coefficient (Wildman–Crippen LogP) is 5.77. The molecular formula is C39H63N3O7. The van der Waals surface area contributed by atoms with Crippen LogP contribution in [0.25, 0.3) is 0 Å². The number of allylic oxidation sites excluding steroid dienone is 3. The van der Waals surface area contributed by atoms with Crippen molar-refractivity contribution in [2.45, 2.75) is 141 Å². The topological polar surface area (TPSA) is 120 Å². The number of carbonyl (C=O) groups is 3. The molecule has 0 aromatic carbocycles. The number of rotatable bonds is 8. The summed E-state index contributed by atoms with van der Waals surface area (Å²) in [5.41, 5.74) is -0.631. The van der Waals surface area contributed by atoms with Crippen LogP contribution in [-0.2, 0) is 19.1 Å². The van der Waals surface area contributed by atoms with E-state index in [0.717, 1.165) is 51.0 Å². The quantitative estimate of drug-likeness (QED) is 0.143. The van der Waals surface area contributed by atoms with Crippen LogP contribution in [0.1, 0.15) is 111 Å². The van der Waals surface area contributed by atoms with Gasteiger partial charge in [-0.2, -0.15) is 0 Å². The van der Waals surface area contributed by atoms with Crippen molar-refractivity contribution in [2.75, 3.05) is 39.3 Å². The van der Waals surface area contributed by atoms with Gasteiger partial charge in [-0.05, 0) is 76.4 Å². The second kappa shape index (κ2) is 19.1.